The summed E-state index contributed by atoms with van der Waals surface area (Å²) in [5.41, 5.74) is -4.41. The Balaban J connectivity index is 2.15. The molecule has 0 radical (unpaired) electrons. The number of aromatic nitrogens is 1. The molecule has 0 saturated heterocycles. The van der Waals surface area contributed by atoms with Gasteiger partial charge in [-0.3, -0.25) is 9.52 Å². The topological polar surface area (TPSA) is 109 Å². The average Bonchev–Trinajstić information content (AvgIpc) is 3.47. The maximum atomic E-state index is 14.4. The Labute approximate surface area is 195 Å². The summed E-state index contributed by atoms with van der Waals surface area (Å²) < 4.78 is 83.8. The van der Waals surface area contributed by atoms with Crippen LogP contribution in [0.2, 0.25) is 0 Å². The van der Waals surface area contributed by atoms with E-state index in [2.05, 4.69) is 20.7 Å². The van der Waals surface area contributed by atoms with Crippen LogP contribution in [0.5, 0.6) is 0 Å². The van der Waals surface area contributed by atoms with E-state index in [1.807, 2.05) is 0 Å². The Morgan fingerprint density at radius 2 is 1.94 bits per heavy atom. The van der Waals surface area contributed by atoms with Crippen molar-refractivity contribution >= 4 is 31.6 Å². The monoisotopic (exact) mass is 556 g/mol. The fourth-order valence-electron chi connectivity index (χ4n) is 3.66. The van der Waals surface area contributed by atoms with Crippen molar-refractivity contribution in [2.45, 2.75) is 42.7 Å². The van der Waals surface area contributed by atoms with Crippen LogP contribution in [0.1, 0.15) is 36.0 Å². The lowest BCUT2D eigenvalue weighted by Crippen LogP contribution is -2.36. The third-order valence-corrected chi connectivity index (χ3v) is 8.29. The Hall–Kier alpha value is -1.96. The van der Waals surface area contributed by atoms with E-state index in [9.17, 15) is 35.9 Å². The number of benzene rings is 1. The van der Waals surface area contributed by atoms with Gasteiger partial charge in [0.2, 0.25) is 10.0 Å². The van der Waals surface area contributed by atoms with Crippen molar-refractivity contribution in [1.82, 2.24) is 4.57 Å². The van der Waals surface area contributed by atoms with Crippen LogP contribution in [-0.4, -0.2) is 40.7 Å². The number of nitrogens with zero attached hydrogens (tertiary/aromatic N) is 1. The number of aryl methyl sites for hydroxylation is 1. The van der Waals surface area contributed by atoms with E-state index in [0.29, 0.717) is 9.04 Å². The van der Waals surface area contributed by atoms with Crippen molar-refractivity contribution in [3.8, 4) is 0 Å². The molecular formula is C20H21BrF4N2O5S. The normalized spacial score (nSPS) is 16.5. The second kappa shape index (κ2) is 9.01. The second-order valence-corrected chi connectivity index (χ2v) is 11.0. The Morgan fingerprint density at radius 1 is 1.30 bits per heavy atom. The van der Waals surface area contributed by atoms with Gasteiger partial charge in [-0.05, 0) is 37.0 Å². The molecule has 1 aliphatic rings. The number of aliphatic hydroxyl groups is 2. The molecular weight excluding hydrogens is 536 g/mol. The average molecular weight is 557 g/mol. The molecule has 0 bridgehead atoms. The molecule has 2 aromatic rings. The molecule has 1 heterocycles. The van der Waals surface area contributed by atoms with Gasteiger partial charge >= 0.3 is 6.18 Å². The highest BCUT2D eigenvalue weighted by atomic mass is 79.9. The molecule has 0 amide bonds. The highest BCUT2D eigenvalue weighted by Gasteiger charge is 2.55. The Morgan fingerprint density at radius 3 is 2.45 bits per heavy atom. The van der Waals surface area contributed by atoms with Gasteiger partial charge in [0.05, 0.1) is 23.1 Å². The smallest absolute Gasteiger partial charge is 0.394 e. The minimum atomic E-state index is -5.14. The minimum Gasteiger partial charge on any atom is -0.394 e. The summed E-state index contributed by atoms with van der Waals surface area (Å²) in [6.45, 7) is -0.677. The van der Waals surface area contributed by atoms with Gasteiger partial charge < -0.3 is 14.8 Å². The summed E-state index contributed by atoms with van der Waals surface area (Å²) in [5, 5.41) is 18.8. The summed E-state index contributed by atoms with van der Waals surface area (Å²) >= 11 is 3.05. The van der Waals surface area contributed by atoms with Crippen molar-refractivity contribution in [3.63, 3.8) is 0 Å². The van der Waals surface area contributed by atoms with E-state index in [0.717, 1.165) is 19.3 Å². The zero-order valence-corrected chi connectivity index (χ0v) is 19.7. The number of anilines is 1. The predicted octanol–water partition coefficient (Wildman–Crippen LogP) is 2.91. The standard InChI is InChI=1S/C20H21BrF4N2O5S/c1-27-9-16(26-33(31,32)19(4-5-19)8-13(29)10-28)14(17(18(27)30)20(23,24)25)6-11-2-3-12(21)7-15(11)22/h2-3,7,9,13,26,28-29H,4-6,8,10H2,1H3. The van der Waals surface area contributed by atoms with Gasteiger partial charge in [0.15, 0.2) is 0 Å². The van der Waals surface area contributed by atoms with Gasteiger partial charge in [0.25, 0.3) is 5.56 Å². The molecule has 3 rings (SSSR count). The molecule has 0 spiro atoms. The van der Waals surface area contributed by atoms with Gasteiger partial charge in [-0.15, -0.1) is 0 Å². The second-order valence-electron chi connectivity index (χ2n) is 8.05. The van der Waals surface area contributed by atoms with Crippen LogP contribution in [0.25, 0.3) is 0 Å². The van der Waals surface area contributed by atoms with Gasteiger partial charge in [0.1, 0.15) is 11.4 Å². The van der Waals surface area contributed by atoms with E-state index in [1.165, 1.54) is 12.1 Å². The number of aliphatic hydroxyl groups excluding tert-OH is 2. The first kappa shape index (κ1) is 25.7. The van der Waals surface area contributed by atoms with Gasteiger partial charge in [0, 0.05) is 29.7 Å². The van der Waals surface area contributed by atoms with E-state index in [4.69, 9.17) is 5.11 Å². The molecule has 1 unspecified atom stereocenters. The molecule has 1 atom stereocenters. The molecule has 1 saturated carbocycles. The lowest BCUT2D eigenvalue weighted by atomic mass is 9.99. The first-order chi connectivity index (χ1) is 15.2. The van der Waals surface area contributed by atoms with E-state index >= 15 is 0 Å². The molecule has 1 aromatic carbocycles. The van der Waals surface area contributed by atoms with Gasteiger partial charge in [-0.2, -0.15) is 13.2 Å². The predicted molar refractivity (Wildman–Crippen MR) is 116 cm³/mol. The van der Waals surface area contributed by atoms with Crippen LogP contribution in [0.3, 0.4) is 0 Å². The maximum Gasteiger partial charge on any atom is 0.422 e. The summed E-state index contributed by atoms with van der Waals surface area (Å²) in [4.78, 5) is 12.4. The van der Waals surface area contributed by atoms with Gasteiger partial charge in [-0.25, -0.2) is 12.8 Å². The SMILES string of the molecule is Cn1cc(NS(=O)(=O)C2(CC(O)CO)CC2)c(Cc2ccc(Br)cc2F)c(C(F)(F)F)c1=O. The van der Waals surface area contributed by atoms with E-state index in [1.54, 1.807) is 0 Å². The van der Waals surface area contributed by atoms with Crippen LogP contribution < -0.4 is 10.3 Å². The molecule has 13 heteroatoms. The van der Waals surface area contributed by atoms with Crippen molar-refractivity contribution in [3.05, 3.63) is 61.7 Å². The van der Waals surface area contributed by atoms with Crippen molar-refractivity contribution in [1.29, 1.82) is 0 Å². The number of hydrogen-bond donors (Lipinski definition) is 3. The van der Waals surface area contributed by atoms with Crippen LogP contribution in [-0.2, 0) is 29.7 Å². The van der Waals surface area contributed by atoms with Crippen LogP contribution >= 0.6 is 15.9 Å². The first-order valence-corrected chi connectivity index (χ1v) is 12.0. The molecule has 7 nitrogen and oxygen atoms in total. The number of halogens is 5. The number of rotatable bonds is 8. The third kappa shape index (κ3) is 5.26. The van der Waals surface area contributed by atoms with Crippen LogP contribution in [0.4, 0.5) is 23.2 Å². The fraction of sp³-hybridized carbons (Fsp3) is 0.450. The zero-order valence-electron chi connectivity index (χ0n) is 17.3. The molecule has 0 aliphatic heterocycles. The lowest BCUT2D eigenvalue weighted by Gasteiger charge is -2.23. The largest absolute Gasteiger partial charge is 0.422 e. The third-order valence-electron chi connectivity index (χ3n) is 5.59. The van der Waals surface area contributed by atoms with Crippen molar-refractivity contribution < 1.29 is 36.2 Å². The summed E-state index contributed by atoms with van der Waals surface area (Å²) in [5.74, 6) is -0.836. The van der Waals surface area contributed by atoms with E-state index < -0.39 is 68.3 Å². The first-order valence-electron chi connectivity index (χ1n) is 9.76. The van der Waals surface area contributed by atoms with Crippen LogP contribution in [0.15, 0.2) is 33.7 Å². The van der Waals surface area contributed by atoms with Gasteiger partial charge in [-0.1, -0.05) is 22.0 Å². The molecule has 33 heavy (non-hydrogen) atoms. The highest BCUT2D eigenvalue weighted by Crippen LogP contribution is 2.48. The molecule has 1 aliphatic carbocycles. The number of hydrogen-bond acceptors (Lipinski definition) is 5. The number of sulfonamides is 1. The summed E-state index contributed by atoms with van der Waals surface area (Å²) in [7, 11) is -3.29. The molecule has 1 fully saturated rings. The van der Waals surface area contributed by atoms with Crippen molar-refractivity contribution in [2.24, 2.45) is 7.05 Å². The summed E-state index contributed by atoms with van der Waals surface area (Å²) in [6.07, 6.45) is -6.29. The highest BCUT2D eigenvalue weighted by molar-refractivity contribution is 9.10. The number of pyridine rings is 1. The lowest BCUT2D eigenvalue weighted by molar-refractivity contribution is -0.139. The summed E-state index contributed by atoms with van der Waals surface area (Å²) in [6, 6.07) is 3.68. The number of nitrogens with one attached hydrogen (secondary N) is 1. The Bertz CT molecular complexity index is 1230. The quantitative estimate of drug-likeness (QED) is 0.433. The fourth-order valence-corrected chi connectivity index (χ4v) is 5.73. The maximum absolute atomic E-state index is 14.4. The van der Waals surface area contributed by atoms with E-state index in [-0.39, 0.29) is 24.8 Å². The molecule has 1 aromatic heterocycles. The minimum absolute atomic E-state index is 0.133. The van der Waals surface area contributed by atoms with Crippen LogP contribution in [0, 0.1) is 5.82 Å². The number of alkyl halides is 3. The van der Waals surface area contributed by atoms with Crippen molar-refractivity contribution in [2.75, 3.05) is 11.3 Å². The Kier molecular flexibility index (Phi) is 7.00. The zero-order chi connectivity index (χ0) is 24.8. The molecule has 3 N–H and O–H groups in total. The molecule has 182 valence electrons.